The van der Waals surface area contributed by atoms with Gasteiger partial charge < -0.3 is 10.5 Å². The molecule has 7 heteroatoms. The average Bonchev–Trinajstić information content (AvgIpc) is 3.05. The van der Waals surface area contributed by atoms with Crippen LogP contribution < -0.4 is 5.73 Å². The van der Waals surface area contributed by atoms with Crippen LogP contribution in [0.5, 0.6) is 0 Å². The zero-order valence-electron chi connectivity index (χ0n) is 13.1. The minimum Gasteiger partial charge on any atom is -0.368 e. The standard InChI is InChI=1S/C16H21N5O2/c1-2-13-18-16(20-19-13)12-10-21(8-9-23-12)14(15(17)22)11-6-4-3-5-7-11/h3-7,12,14H,2,8-10H2,1H3,(H2,17,22)(H,18,19,20)/t12-,14-/m0/s1. The lowest BCUT2D eigenvalue weighted by molar-refractivity contribution is -0.127. The first-order valence-corrected chi connectivity index (χ1v) is 7.80. The number of benzene rings is 1. The van der Waals surface area contributed by atoms with Crippen molar-refractivity contribution in [1.29, 1.82) is 0 Å². The molecule has 1 aliphatic rings. The second-order valence-corrected chi connectivity index (χ2v) is 5.56. The summed E-state index contributed by atoms with van der Waals surface area (Å²) < 4.78 is 5.78. The van der Waals surface area contributed by atoms with E-state index >= 15 is 0 Å². The summed E-state index contributed by atoms with van der Waals surface area (Å²) in [5.41, 5.74) is 6.54. The largest absolute Gasteiger partial charge is 0.368 e. The van der Waals surface area contributed by atoms with Crippen LogP contribution in [0.1, 0.15) is 36.3 Å². The van der Waals surface area contributed by atoms with Crippen molar-refractivity contribution < 1.29 is 9.53 Å². The fourth-order valence-electron chi connectivity index (χ4n) is 2.86. The van der Waals surface area contributed by atoms with Crippen molar-refractivity contribution >= 4 is 5.91 Å². The van der Waals surface area contributed by atoms with Crippen molar-refractivity contribution in [1.82, 2.24) is 20.1 Å². The van der Waals surface area contributed by atoms with Crippen molar-refractivity contribution in [3.63, 3.8) is 0 Å². The topological polar surface area (TPSA) is 97.1 Å². The Hall–Kier alpha value is -2.25. The van der Waals surface area contributed by atoms with E-state index in [0.717, 1.165) is 17.8 Å². The molecule has 0 spiro atoms. The molecular weight excluding hydrogens is 294 g/mol. The molecule has 23 heavy (non-hydrogen) atoms. The first-order valence-electron chi connectivity index (χ1n) is 7.80. The van der Waals surface area contributed by atoms with E-state index in [-0.39, 0.29) is 12.0 Å². The van der Waals surface area contributed by atoms with Gasteiger partial charge >= 0.3 is 0 Å². The molecule has 2 aromatic rings. The van der Waals surface area contributed by atoms with Crippen LogP contribution in [0, 0.1) is 0 Å². The van der Waals surface area contributed by atoms with E-state index < -0.39 is 6.04 Å². The Morgan fingerprint density at radius 2 is 2.26 bits per heavy atom. The van der Waals surface area contributed by atoms with Gasteiger partial charge in [0, 0.05) is 19.5 Å². The fraction of sp³-hybridized carbons (Fsp3) is 0.438. The number of carbonyl (C=O) groups excluding carboxylic acids is 1. The van der Waals surface area contributed by atoms with Crippen LogP contribution in [0.4, 0.5) is 0 Å². The molecule has 1 aliphatic heterocycles. The molecule has 3 rings (SSSR count). The Morgan fingerprint density at radius 3 is 2.91 bits per heavy atom. The van der Waals surface area contributed by atoms with Gasteiger partial charge in [-0.2, -0.15) is 5.10 Å². The lowest BCUT2D eigenvalue weighted by atomic mass is 10.0. The molecule has 1 aromatic heterocycles. The number of aromatic nitrogens is 3. The van der Waals surface area contributed by atoms with E-state index in [1.165, 1.54) is 0 Å². The van der Waals surface area contributed by atoms with Crippen LogP contribution in [0.3, 0.4) is 0 Å². The number of nitrogens with zero attached hydrogens (tertiary/aromatic N) is 3. The van der Waals surface area contributed by atoms with Gasteiger partial charge in [-0.05, 0) is 5.56 Å². The summed E-state index contributed by atoms with van der Waals surface area (Å²) in [5, 5.41) is 7.12. The van der Waals surface area contributed by atoms with Crippen molar-refractivity contribution in [3.8, 4) is 0 Å². The highest BCUT2D eigenvalue weighted by Crippen LogP contribution is 2.27. The third-order valence-corrected chi connectivity index (χ3v) is 4.02. The summed E-state index contributed by atoms with van der Waals surface area (Å²) >= 11 is 0. The van der Waals surface area contributed by atoms with Crippen molar-refractivity contribution in [3.05, 3.63) is 47.5 Å². The number of morpholine rings is 1. The summed E-state index contributed by atoms with van der Waals surface area (Å²) in [6.07, 6.45) is 0.531. The van der Waals surface area contributed by atoms with Gasteiger partial charge in [0.1, 0.15) is 18.0 Å². The number of rotatable bonds is 5. The maximum atomic E-state index is 12.0. The average molecular weight is 315 g/mol. The molecule has 122 valence electrons. The van der Waals surface area contributed by atoms with E-state index in [1.54, 1.807) is 0 Å². The number of aryl methyl sites for hydroxylation is 1. The molecule has 0 radical (unpaired) electrons. The van der Waals surface area contributed by atoms with E-state index in [1.807, 2.05) is 42.2 Å². The van der Waals surface area contributed by atoms with Crippen molar-refractivity contribution in [2.75, 3.05) is 19.7 Å². The molecular formula is C16H21N5O2. The van der Waals surface area contributed by atoms with E-state index in [2.05, 4.69) is 15.2 Å². The zero-order chi connectivity index (χ0) is 16.2. The highest BCUT2D eigenvalue weighted by Gasteiger charge is 2.32. The minimum absolute atomic E-state index is 0.258. The first-order chi connectivity index (χ1) is 11.2. The molecule has 1 fully saturated rings. The molecule has 0 bridgehead atoms. The Bertz CT molecular complexity index is 658. The number of amides is 1. The number of H-pyrrole nitrogens is 1. The van der Waals surface area contributed by atoms with Gasteiger partial charge in [-0.15, -0.1) is 0 Å². The molecule has 2 atom stereocenters. The lowest BCUT2D eigenvalue weighted by Crippen LogP contribution is -2.45. The molecule has 0 saturated carbocycles. The normalized spacial score (nSPS) is 20.3. The molecule has 3 N–H and O–H groups in total. The van der Waals surface area contributed by atoms with Crippen LogP contribution >= 0.6 is 0 Å². The van der Waals surface area contributed by atoms with Gasteiger partial charge in [0.05, 0.1) is 6.61 Å². The second kappa shape index (κ2) is 6.89. The highest BCUT2D eigenvalue weighted by atomic mass is 16.5. The van der Waals surface area contributed by atoms with Crippen molar-refractivity contribution in [2.24, 2.45) is 5.73 Å². The molecule has 1 amide bonds. The van der Waals surface area contributed by atoms with E-state index in [0.29, 0.717) is 25.5 Å². The van der Waals surface area contributed by atoms with E-state index in [4.69, 9.17) is 10.5 Å². The Morgan fingerprint density at radius 1 is 1.48 bits per heavy atom. The summed E-state index contributed by atoms with van der Waals surface area (Å²) in [6.45, 7) is 3.70. The minimum atomic E-state index is -0.466. The number of ether oxygens (including phenoxy) is 1. The first kappa shape index (κ1) is 15.6. The smallest absolute Gasteiger partial charge is 0.239 e. The van der Waals surface area contributed by atoms with Gasteiger partial charge in [0.2, 0.25) is 5.91 Å². The molecule has 7 nitrogen and oxygen atoms in total. The maximum absolute atomic E-state index is 12.0. The summed E-state index contributed by atoms with van der Waals surface area (Å²) in [6, 6.07) is 9.11. The van der Waals surface area contributed by atoms with Crippen LogP contribution in [-0.4, -0.2) is 45.7 Å². The predicted octanol–water partition coefficient (Wildman–Crippen LogP) is 0.967. The number of hydrogen-bond donors (Lipinski definition) is 2. The third-order valence-electron chi connectivity index (χ3n) is 4.02. The predicted molar refractivity (Wildman–Crippen MR) is 84.4 cm³/mol. The monoisotopic (exact) mass is 315 g/mol. The maximum Gasteiger partial charge on any atom is 0.239 e. The van der Waals surface area contributed by atoms with Crippen molar-refractivity contribution in [2.45, 2.75) is 25.5 Å². The summed E-state index contributed by atoms with van der Waals surface area (Å²) in [5.74, 6) is 1.10. The number of primary amides is 1. The van der Waals surface area contributed by atoms with Crippen LogP contribution in [0.25, 0.3) is 0 Å². The van der Waals surface area contributed by atoms with Gasteiger partial charge in [-0.1, -0.05) is 37.3 Å². The van der Waals surface area contributed by atoms with Crippen LogP contribution in [0.2, 0.25) is 0 Å². The molecule has 0 aliphatic carbocycles. The molecule has 2 heterocycles. The number of aromatic amines is 1. The summed E-state index contributed by atoms with van der Waals surface area (Å²) in [4.78, 5) is 18.5. The van der Waals surface area contributed by atoms with Crippen LogP contribution in [-0.2, 0) is 16.0 Å². The third kappa shape index (κ3) is 3.40. The van der Waals surface area contributed by atoms with Crippen LogP contribution in [0.15, 0.2) is 30.3 Å². The zero-order valence-corrected chi connectivity index (χ0v) is 13.1. The molecule has 1 aromatic carbocycles. The summed E-state index contributed by atoms with van der Waals surface area (Å²) in [7, 11) is 0. The molecule has 0 unspecified atom stereocenters. The Balaban J connectivity index is 1.79. The van der Waals surface area contributed by atoms with Gasteiger partial charge in [0.15, 0.2) is 5.82 Å². The lowest BCUT2D eigenvalue weighted by Gasteiger charge is -2.36. The van der Waals surface area contributed by atoms with Gasteiger partial charge in [-0.3, -0.25) is 14.8 Å². The SMILES string of the molecule is CCc1nc([C@@H]2CN([C@H](C(N)=O)c3ccccc3)CCO2)n[nH]1. The van der Waals surface area contributed by atoms with Gasteiger partial charge in [-0.25, -0.2) is 4.98 Å². The second-order valence-electron chi connectivity index (χ2n) is 5.56. The van der Waals surface area contributed by atoms with E-state index in [9.17, 15) is 4.79 Å². The fourth-order valence-corrected chi connectivity index (χ4v) is 2.86. The van der Waals surface area contributed by atoms with Gasteiger partial charge in [0.25, 0.3) is 0 Å². The molecule has 1 saturated heterocycles. The number of nitrogens with two attached hydrogens (primary N) is 1. The number of carbonyl (C=O) groups is 1. The number of nitrogens with one attached hydrogen (secondary N) is 1. The number of hydrogen-bond acceptors (Lipinski definition) is 5. The Labute approximate surface area is 134 Å². The highest BCUT2D eigenvalue weighted by molar-refractivity contribution is 5.81. The quantitative estimate of drug-likeness (QED) is 0.857. The Kier molecular flexibility index (Phi) is 4.68.